The molecule has 66 valence electrons. The number of fused-ring (bicyclic) bond motifs is 1. The first-order valence-electron chi connectivity index (χ1n) is 3.55. The number of hydrogen-bond acceptors (Lipinski definition) is 2. The van der Waals surface area contributed by atoms with Gasteiger partial charge in [0.25, 0.3) is 0 Å². The van der Waals surface area contributed by atoms with Gasteiger partial charge in [0.15, 0.2) is 5.13 Å². The number of hydrogen-bond donors (Lipinski definition) is 0. The molecule has 2 rings (SSSR count). The molecule has 0 fully saturated rings. The van der Waals surface area contributed by atoms with Gasteiger partial charge in [-0.15, -0.1) is 11.3 Å². The summed E-state index contributed by atoms with van der Waals surface area (Å²) in [7, 11) is 0. The van der Waals surface area contributed by atoms with Crippen LogP contribution in [0.25, 0.3) is 10.1 Å². The van der Waals surface area contributed by atoms with Gasteiger partial charge >= 0.3 is 0 Å². The van der Waals surface area contributed by atoms with E-state index in [1.54, 1.807) is 18.2 Å². The fourth-order valence-electron chi connectivity index (χ4n) is 1.13. The summed E-state index contributed by atoms with van der Waals surface area (Å²) in [5, 5.41) is 0.505. The molecular formula is C9H4BrFOS. The lowest BCUT2D eigenvalue weighted by molar-refractivity contribution is 0.112. The molecule has 0 unspecified atom stereocenters. The third-order valence-electron chi connectivity index (χ3n) is 1.75. The van der Waals surface area contributed by atoms with Gasteiger partial charge in [0, 0.05) is 15.6 Å². The van der Waals surface area contributed by atoms with Crippen LogP contribution < -0.4 is 0 Å². The largest absolute Gasteiger partial charge is 0.298 e. The molecule has 4 heteroatoms. The summed E-state index contributed by atoms with van der Waals surface area (Å²) in [5.41, 5.74) is 0.561. The minimum absolute atomic E-state index is 0.252. The number of halogens is 2. The minimum atomic E-state index is -0.252. The molecule has 0 spiro atoms. The average Bonchev–Trinajstić information content (AvgIpc) is 2.43. The zero-order valence-electron chi connectivity index (χ0n) is 6.38. The Kier molecular flexibility index (Phi) is 2.17. The first-order chi connectivity index (χ1) is 6.22. The molecule has 0 saturated heterocycles. The monoisotopic (exact) mass is 258 g/mol. The quantitative estimate of drug-likeness (QED) is 0.715. The summed E-state index contributed by atoms with van der Waals surface area (Å²) in [6.07, 6.45) is 0.751. The van der Waals surface area contributed by atoms with Crippen LogP contribution in [-0.2, 0) is 0 Å². The zero-order chi connectivity index (χ0) is 9.42. The molecule has 0 amide bonds. The molecule has 1 heterocycles. The first kappa shape index (κ1) is 8.84. The average molecular weight is 259 g/mol. The molecule has 0 N–H and O–H groups in total. The van der Waals surface area contributed by atoms with Crippen LogP contribution in [-0.4, -0.2) is 6.29 Å². The van der Waals surface area contributed by atoms with Crippen LogP contribution in [0, 0.1) is 5.13 Å². The van der Waals surface area contributed by atoms with Crippen molar-refractivity contribution in [3.63, 3.8) is 0 Å². The molecule has 0 bridgehead atoms. The Bertz CT molecular complexity index is 478. The molecule has 0 radical (unpaired) electrons. The van der Waals surface area contributed by atoms with Crippen LogP contribution in [0.15, 0.2) is 22.7 Å². The highest BCUT2D eigenvalue weighted by molar-refractivity contribution is 9.10. The van der Waals surface area contributed by atoms with E-state index in [1.165, 1.54) is 0 Å². The van der Waals surface area contributed by atoms with E-state index in [0.717, 1.165) is 27.7 Å². The number of carbonyl (C=O) groups is 1. The van der Waals surface area contributed by atoms with Gasteiger partial charge in [-0.05, 0) is 28.1 Å². The van der Waals surface area contributed by atoms with Crippen LogP contribution in [0.1, 0.15) is 10.4 Å². The Morgan fingerprint density at radius 1 is 1.46 bits per heavy atom. The van der Waals surface area contributed by atoms with E-state index >= 15 is 0 Å². The normalized spacial score (nSPS) is 10.6. The third kappa shape index (κ3) is 1.40. The lowest BCUT2D eigenvalue weighted by Crippen LogP contribution is -1.76. The molecule has 0 aliphatic carbocycles. The van der Waals surface area contributed by atoms with E-state index < -0.39 is 0 Å². The summed E-state index contributed by atoms with van der Waals surface area (Å²) in [4.78, 5) is 10.5. The SMILES string of the molecule is O=Cc1ccc2sc(F)c(Br)c2c1. The van der Waals surface area contributed by atoms with Crippen molar-refractivity contribution in [2.24, 2.45) is 0 Å². The molecule has 0 atom stereocenters. The Morgan fingerprint density at radius 2 is 2.23 bits per heavy atom. The van der Waals surface area contributed by atoms with Gasteiger partial charge in [-0.25, -0.2) is 0 Å². The van der Waals surface area contributed by atoms with Gasteiger partial charge in [-0.3, -0.25) is 4.79 Å². The van der Waals surface area contributed by atoms with Gasteiger partial charge in [0.2, 0.25) is 0 Å². The van der Waals surface area contributed by atoms with Crippen molar-refractivity contribution in [2.45, 2.75) is 0 Å². The Morgan fingerprint density at radius 3 is 2.92 bits per heavy atom. The highest BCUT2D eigenvalue weighted by Crippen LogP contribution is 2.34. The number of carbonyl (C=O) groups excluding carboxylic acids is 1. The fourth-order valence-corrected chi connectivity index (χ4v) is 2.63. The van der Waals surface area contributed by atoms with Crippen molar-refractivity contribution in [1.82, 2.24) is 0 Å². The first-order valence-corrected chi connectivity index (χ1v) is 5.16. The van der Waals surface area contributed by atoms with Crippen molar-refractivity contribution in [2.75, 3.05) is 0 Å². The minimum Gasteiger partial charge on any atom is -0.298 e. The van der Waals surface area contributed by atoms with E-state index in [2.05, 4.69) is 15.9 Å². The van der Waals surface area contributed by atoms with Crippen LogP contribution in [0.4, 0.5) is 4.39 Å². The number of benzene rings is 1. The molecule has 1 aromatic carbocycles. The van der Waals surface area contributed by atoms with E-state index in [-0.39, 0.29) is 5.13 Å². The molecule has 13 heavy (non-hydrogen) atoms. The molecule has 2 aromatic rings. The molecular weight excluding hydrogens is 255 g/mol. The highest BCUT2D eigenvalue weighted by atomic mass is 79.9. The van der Waals surface area contributed by atoms with Gasteiger partial charge in [0.1, 0.15) is 6.29 Å². The second-order valence-electron chi connectivity index (χ2n) is 2.56. The van der Waals surface area contributed by atoms with Crippen LogP contribution in [0.3, 0.4) is 0 Å². The second-order valence-corrected chi connectivity index (χ2v) is 4.36. The molecule has 0 aliphatic rings. The van der Waals surface area contributed by atoms with Crippen molar-refractivity contribution < 1.29 is 9.18 Å². The maximum absolute atomic E-state index is 13.1. The van der Waals surface area contributed by atoms with Crippen molar-refractivity contribution in [3.05, 3.63) is 33.4 Å². The smallest absolute Gasteiger partial charge is 0.191 e. The fraction of sp³-hybridized carbons (Fsp3) is 0. The second kappa shape index (κ2) is 3.20. The van der Waals surface area contributed by atoms with Gasteiger partial charge in [-0.1, -0.05) is 6.07 Å². The van der Waals surface area contributed by atoms with Gasteiger partial charge in [0.05, 0.1) is 4.47 Å². The van der Waals surface area contributed by atoms with Crippen molar-refractivity contribution in [3.8, 4) is 0 Å². The lowest BCUT2D eigenvalue weighted by Gasteiger charge is -1.91. The molecule has 0 aliphatic heterocycles. The van der Waals surface area contributed by atoms with Crippen molar-refractivity contribution >= 4 is 43.6 Å². The molecule has 1 aromatic heterocycles. The maximum Gasteiger partial charge on any atom is 0.191 e. The molecule has 0 saturated carbocycles. The third-order valence-corrected chi connectivity index (χ3v) is 3.75. The van der Waals surface area contributed by atoms with Crippen LogP contribution in [0.5, 0.6) is 0 Å². The van der Waals surface area contributed by atoms with Crippen LogP contribution in [0.2, 0.25) is 0 Å². The predicted molar refractivity (Wildman–Crippen MR) is 54.9 cm³/mol. The Labute approximate surface area is 86.3 Å². The van der Waals surface area contributed by atoms with E-state index in [1.807, 2.05) is 0 Å². The Balaban J connectivity index is 2.81. The highest BCUT2D eigenvalue weighted by Gasteiger charge is 2.09. The van der Waals surface area contributed by atoms with E-state index in [9.17, 15) is 9.18 Å². The number of thiophene rings is 1. The lowest BCUT2D eigenvalue weighted by atomic mass is 10.2. The topological polar surface area (TPSA) is 17.1 Å². The number of aldehydes is 1. The summed E-state index contributed by atoms with van der Waals surface area (Å²) in [6.45, 7) is 0. The molecule has 1 nitrogen and oxygen atoms in total. The Hall–Kier alpha value is -0.740. The van der Waals surface area contributed by atoms with Gasteiger partial charge in [-0.2, -0.15) is 4.39 Å². The number of rotatable bonds is 1. The summed E-state index contributed by atoms with van der Waals surface area (Å²) in [5.74, 6) is 0. The van der Waals surface area contributed by atoms with E-state index in [0.29, 0.717) is 10.0 Å². The van der Waals surface area contributed by atoms with Crippen LogP contribution >= 0.6 is 27.3 Å². The maximum atomic E-state index is 13.1. The standard InChI is InChI=1S/C9H4BrFOS/c10-8-6-3-5(4-12)1-2-7(6)13-9(8)11/h1-4H. The predicted octanol–water partition coefficient (Wildman–Crippen LogP) is 3.62. The van der Waals surface area contributed by atoms with Gasteiger partial charge < -0.3 is 0 Å². The van der Waals surface area contributed by atoms with Crippen molar-refractivity contribution in [1.29, 1.82) is 0 Å². The summed E-state index contributed by atoms with van der Waals surface area (Å²) in [6, 6.07) is 5.10. The zero-order valence-corrected chi connectivity index (χ0v) is 8.78. The summed E-state index contributed by atoms with van der Waals surface area (Å²) < 4.78 is 14.3. The van der Waals surface area contributed by atoms with E-state index in [4.69, 9.17) is 0 Å². The summed E-state index contributed by atoms with van der Waals surface area (Å²) >= 11 is 4.20.